The van der Waals surface area contributed by atoms with Crippen molar-refractivity contribution < 1.29 is 13.5 Å². The average Bonchev–Trinajstić information content (AvgIpc) is 3.10. The third-order valence-corrected chi connectivity index (χ3v) is 7.52. The number of imidazole rings is 1. The smallest absolute Gasteiger partial charge is 0.243 e. The highest BCUT2D eigenvalue weighted by atomic mass is 32.2. The van der Waals surface area contributed by atoms with Gasteiger partial charge in [-0.05, 0) is 49.1 Å². The molecule has 2 aromatic heterocycles. The zero-order chi connectivity index (χ0) is 21.0. The van der Waals surface area contributed by atoms with Gasteiger partial charge in [-0.25, -0.2) is 13.4 Å². The number of nitrogens with one attached hydrogen (secondary N) is 1. The zero-order valence-electron chi connectivity index (χ0n) is 16.8. The fourth-order valence-electron chi connectivity index (χ4n) is 3.22. The number of hydrogen-bond acceptors (Lipinski definition) is 6. The Morgan fingerprint density at radius 3 is 2.62 bits per heavy atom. The van der Waals surface area contributed by atoms with Crippen molar-refractivity contribution in [1.82, 2.24) is 19.3 Å². The van der Waals surface area contributed by atoms with E-state index in [0.29, 0.717) is 12.8 Å². The van der Waals surface area contributed by atoms with E-state index in [9.17, 15) is 13.5 Å². The number of hydrogen-bond donors (Lipinski definition) is 2. The van der Waals surface area contributed by atoms with Gasteiger partial charge in [-0.3, -0.25) is 4.98 Å². The fourth-order valence-corrected chi connectivity index (χ4v) is 5.10. The molecule has 2 N–H and O–H groups in total. The lowest BCUT2D eigenvalue weighted by atomic mass is 10.1. The van der Waals surface area contributed by atoms with E-state index >= 15 is 0 Å². The molecule has 0 aliphatic rings. The monoisotopic (exact) mass is 434 g/mol. The number of benzene rings is 1. The number of aromatic amines is 1. The van der Waals surface area contributed by atoms with Gasteiger partial charge < -0.3 is 10.1 Å². The summed E-state index contributed by atoms with van der Waals surface area (Å²) in [5.41, 5.74) is 3.57. The highest BCUT2D eigenvalue weighted by Gasteiger charge is 2.27. The Kier molecular flexibility index (Phi) is 6.94. The first-order valence-corrected chi connectivity index (χ1v) is 12.2. The molecule has 2 heterocycles. The zero-order valence-corrected chi connectivity index (χ0v) is 18.4. The number of pyridine rings is 1. The van der Waals surface area contributed by atoms with E-state index in [1.165, 1.54) is 11.4 Å². The van der Waals surface area contributed by atoms with Gasteiger partial charge in [-0.1, -0.05) is 12.1 Å². The lowest BCUT2D eigenvalue weighted by molar-refractivity contribution is 0.199. The van der Waals surface area contributed by atoms with Crippen LogP contribution in [0.2, 0.25) is 0 Å². The predicted molar refractivity (Wildman–Crippen MR) is 117 cm³/mol. The van der Waals surface area contributed by atoms with Crippen LogP contribution in [0.3, 0.4) is 0 Å². The first-order chi connectivity index (χ1) is 13.9. The number of rotatable bonds is 9. The van der Waals surface area contributed by atoms with Gasteiger partial charge in [0.25, 0.3) is 0 Å². The van der Waals surface area contributed by atoms with Crippen LogP contribution in [0, 0.1) is 6.92 Å². The van der Waals surface area contributed by atoms with Gasteiger partial charge in [-0.2, -0.15) is 16.1 Å². The molecule has 0 radical (unpaired) electrons. The molecule has 0 amide bonds. The molecule has 29 heavy (non-hydrogen) atoms. The molecule has 0 unspecified atom stereocenters. The van der Waals surface area contributed by atoms with Crippen molar-refractivity contribution in [3.8, 4) is 0 Å². The Morgan fingerprint density at radius 2 is 1.97 bits per heavy atom. The summed E-state index contributed by atoms with van der Waals surface area (Å²) in [5.74, 6) is 1.62. The summed E-state index contributed by atoms with van der Waals surface area (Å²) in [7, 11) is -2.15. The van der Waals surface area contributed by atoms with Crippen molar-refractivity contribution in [2.45, 2.75) is 30.7 Å². The number of likely N-dealkylation sites (N-methyl/N-ethyl adjacent to an activating group) is 1. The van der Waals surface area contributed by atoms with Gasteiger partial charge >= 0.3 is 0 Å². The van der Waals surface area contributed by atoms with Crippen LogP contribution in [0.4, 0.5) is 0 Å². The number of aryl methyl sites for hydroxylation is 1. The minimum Gasteiger partial charge on any atom is -0.395 e. The quantitative estimate of drug-likeness (QED) is 0.537. The number of fused-ring (bicyclic) bond motifs is 1. The van der Waals surface area contributed by atoms with E-state index in [1.54, 1.807) is 42.2 Å². The third kappa shape index (κ3) is 4.80. The van der Waals surface area contributed by atoms with Gasteiger partial charge in [0.2, 0.25) is 10.0 Å². The van der Waals surface area contributed by atoms with Crippen LogP contribution in [0.25, 0.3) is 11.0 Å². The van der Waals surface area contributed by atoms with Gasteiger partial charge in [0.1, 0.15) is 11.3 Å². The maximum Gasteiger partial charge on any atom is 0.243 e. The van der Waals surface area contributed by atoms with Gasteiger partial charge in [0, 0.05) is 25.7 Å². The Hall–Kier alpha value is -1.94. The number of sulfonamides is 1. The SMILES string of the molecule is CSCC[C@@H](CO)N(C)S(=O)(=O)c1ccc(Cc2nccc3[nH]c(C)nc23)cc1. The van der Waals surface area contributed by atoms with Crippen LogP contribution in [-0.2, 0) is 16.4 Å². The maximum atomic E-state index is 12.9. The molecule has 1 aromatic carbocycles. The Balaban J connectivity index is 1.80. The van der Waals surface area contributed by atoms with Gasteiger partial charge in [0.05, 0.1) is 22.7 Å². The molecule has 0 aliphatic heterocycles. The molecule has 0 saturated carbocycles. The third-order valence-electron chi connectivity index (χ3n) is 4.95. The van der Waals surface area contributed by atoms with Crippen LogP contribution < -0.4 is 0 Å². The Bertz CT molecular complexity index is 1070. The molecule has 1 atom stereocenters. The molecule has 9 heteroatoms. The van der Waals surface area contributed by atoms with E-state index in [2.05, 4.69) is 15.0 Å². The second kappa shape index (κ2) is 9.25. The number of aliphatic hydroxyl groups is 1. The average molecular weight is 435 g/mol. The molecular formula is C20H26N4O3S2. The van der Waals surface area contributed by atoms with Crippen molar-refractivity contribution in [3.05, 3.63) is 53.6 Å². The molecule has 0 saturated heterocycles. The molecular weight excluding hydrogens is 408 g/mol. The molecule has 0 bridgehead atoms. The van der Waals surface area contributed by atoms with Crippen LogP contribution in [0.1, 0.15) is 23.5 Å². The summed E-state index contributed by atoms with van der Waals surface area (Å²) in [6, 6.07) is 8.28. The molecule has 7 nitrogen and oxygen atoms in total. The summed E-state index contributed by atoms with van der Waals surface area (Å²) in [5, 5.41) is 9.60. The largest absolute Gasteiger partial charge is 0.395 e. The molecule has 3 aromatic rings. The predicted octanol–water partition coefficient (Wildman–Crippen LogP) is 2.59. The molecule has 0 spiro atoms. The summed E-state index contributed by atoms with van der Waals surface area (Å²) in [6.07, 6.45) is 4.86. The van der Waals surface area contributed by atoms with E-state index in [0.717, 1.165) is 33.9 Å². The lowest BCUT2D eigenvalue weighted by Crippen LogP contribution is -2.39. The summed E-state index contributed by atoms with van der Waals surface area (Å²) in [6.45, 7) is 1.70. The lowest BCUT2D eigenvalue weighted by Gasteiger charge is -2.25. The van der Waals surface area contributed by atoms with Crippen molar-refractivity contribution in [2.75, 3.05) is 25.7 Å². The summed E-state index contributed by atoms with van der Waals surface area (Å²) in [4.78, 5) is 12.4. The van der Waals surface area contributed by atoms with Gasteiger partial charge in [-0.15, -0.1) is 0 Å². The molecule has 156 valence electrons. The maximum absolute atomic E-state index is 12.9. The van der Waals surface area contributed by atoms with Crippen molar-refractivity contribution in [1.29, 1.82) is 0 Å². The topological polar surface area (TPSA) is 99.2 Å². The van der Waals surface area contributed by atoms with Crippen LogP contribution >= 0.6 is 11.8 Å². The minimum atomic E-state index is -3.67. The number of H-pyrrole nitrogens is 1. The van der Waals surface area contributed by atoms with E-state index < -0.39 is 16.1 Å². The van der Waals surface area contributed by atoms with E-state index in [1.807, 2.05) is 19.2 Å². The van der Waals surface area contributed by atoms with Crippen LogP contribution in [0.15, 0.2) is 41.4 Å². The first kappa shape index (κ1) is 21.8. The Labute approximate surface area is 175 Å². The number of aromatic nitrogens is 3. The first-order valence-electron chi connectivity index (χ1n) is 9.33. The number of aliphatic hydroxyl groups excluding tert-OH is 1. The summed E-state index contributed by atoms with van der Waals surface area (Å²) >= 11 is 1.63. The summed E-state index contributed by atoms with van der Waals surface area (Å²) < 4.78 is 27.1. The number of nitrogens with zero attached hydrogens (tertiary/aromatic N) is 3. The van der Waals surface area contributed by atoms with Crippen molar-refractivity contribution in [2.24, 2.45) is 0 Å². The molecule has 0 aliphatic carbocycles. The van der Waals surface area contributed by atoms with Crippen LogP contribution in [0.5, 0.6) is 0 Å². The van der Waals surface area contributed by atoms with E-state index in [-0.39, 0.29) is 11.5 Å². The fraction of sp³-hybridized carbons (Fsp3) is 0.400. The highest BCUT2D eigenvalue weighted by Crippen LogP contribution is 2.22. The van der Waals surface area contributed by atoms with E-state index in [4.69, 9.17) is 0 Å². The normalized spacial score (nSPS) is 13.3. The second-order valence-corrected chi connectivity index (χ2v) is 9.92. The van der Waals surface area contributed by atoms with Crippen molar-refractivity contribution >= 4 is 32.8 Å². The molecule has 3 rings (SSSR count). The van der Waals surface area contributed by atoms with Crippen molar-refractivity contribution in [3.63, 3.8) is 0 Å². The minimum absolute atomic E-state index is 0.201. The highest BCUT2D eigenvalue weighted by molar-refractivity contribution is 7.98. The van der Waals surface area contributed by atoms with Crippen LogP contribution in [-0.4, -0.2) is 64.5 Å². The standard InChI is InChI=1S/C20H26N4O3S2/c1-14-22-18-8-10-21-19(20(18)23-14)12-15-4-6-17(7-5-15)29(26,27)24(2)16(13-25)9-11-28-3/h4-8,10,16,25H,9,11-13H2,1-3H3,(H,22,23)/t16-/m0/s1. The Morgan fingerprint density at radius 1 is 1.24 bits per heavy atom. The molecule has 0 fully saturated rings. The second-order valence-electron chi connectivity index (χ2n) is 6.94. The number of thioether (sulfide) groups is 1. The van der Waals surface area contributed by atoms with Gasteiger partial charge in [0.15, 0.2) is 0 Å².